The molecule has 1 saturated heterocycles. The summed E-state index contributed by atoms with van der Waals surface area (Å²) in [5, 5.41) is 0. The summed E-state index contributed by atoms with van der Waals surface area (Å²) >= 11 is 0. The highest BCUT2D eigenvalue weighted by Gasteiger charge is 2.52. The van der Waals surface area contributed by atoms with E-state index in [9.17, 15) is 9.59 Å². The molecule has 3 aliphatic rings. The molecule has 84 valence electrons. The van der Waals surface area contributed by atoms with Gasteiger partial charge < -0.3 is 4.74 Å². The van der Waals surface area contributed by atoms with Gasteiger partial charge in [-0.2, -0.15) is 0 Å². The van der Waals surface area contributed by atoms with Gasteiger partial charge in [0.1, 0.15) is 0 Å². The first-order valence-electron chi connectivity index (χ1n) is 5.50. The molecule has 16 heavy (non-hydrogen) atoms. The lowest BCUT2D eigenvalue weighted by atomic mass is 9.78. The van der Waals surface area contributed by atoms with Crippen LogP contribution in [-0.2, 0) is 14.3 Å². The second-order valence-electron chi connectivity index (χ2n) is 4.46. The van der Waals surface area contributed by atoms with Crippen LogP contribution in [-0.4, -0.2) is 36.5 Å². The van der Waals surface area contributed by atoms with Crippen molar-refractivity contribution in [1.82, 2.24) is 4.90 Å². The van der Waals surface area contributed by atoms with E-state index >= 15 is 0 Å². The molecule has 4 heteroatoms. The highest BCUT2D eigenvalue weighted by atomic mass is 16.5. The predicted octanol–water partition coefficient (Wildman–Crippen LogP) is 0.502. The Kier molecular flexibility index (Phi) is 2.01. The lowest BCUT2D eigenvalue weighted by Crippen LogP contribution is -2.38. The summed E-state index contributed by atoms with van der Waals surface area (Å²) in [5.41, 5.74) is 1.05. The zero-order valence-electron chi connectivity index (χ0n) is 9.05. The number of hydrogen-bond acceptors (Lipinski definition) is 3. The van der Waals surface area contributed by atoms with Crippen LogP contribution in [0.15, 0.2) is 23.8 Å². The summed E-state index contributed by atoms with van der Waals surface area (Å²) < 4.78 is 5.61. The molecule has 0 N–H and O–H groups in total. The topological polar surface area (TPSA) is 46.6 Å². The monoisotopic (exact) mass is 219 g/mol. The zero-order chi connectivity index (χ0) is 11.3. The van der Waals surface area contributed by atoms with E-state index in [1.54, 1.807) is 7.05 Å². The molecule has 0 unspecified atom stereocenters. The van der Waals surface area contributed by atoms with Gasteiger partial charge in [-0.3, -0.25) is 14.5 Å². The Balaban J connectivity index is 2.01. The number of amides is 2. The SMILES string of the molecule is CN1C(=O)[C@H]2[C@H](CC=C3C=CCO[C@H]32)C1=O. The van der Waals surface area contributed by atoms with Gasteiger partial charge in [0.15, 0.2) is 0 Å². The molecular formula is C12H13NO3. The summed E-state index contributed by atoms with van der Waals surface area (Å²) in [7, 11) is 1.56. The van der Waals surface area contributed by atoms with Crippen molar-refractivity contribution in [3.05, 3.63) is 23.8 Å². The minimum Gasteiger partial charge on any atom is -0.369 e. The lowest BCUT2D eigenvalue weighted by molar-refractivity contribution is -0.138. The standard InChI is InChI=1S/C12H13NO3/c1-13-11(14)8-5-4-7-3-2-6-16-10(7)9(8)12(13)15/h2-4,8-10H,5-6H2,1H3/t8-,9-,10+/m0/s1. The molecule has 3 atom stereocenters. The van der Waals surface area contributed by atoms with E-state index in [0.717, 1.165) is 5.57 Å². The summed E-state index contributed by atoms with van der Waals surface area (Å²) in [5.74, 6) is -0.676. The number of hydrogen-bond donors (Lipinski definition) is 0. The molecule has 0 spiro atoms. The van der Waals surface area contributed by atoms with Crippen LogP contribution >= 0.6 is 0 Å². The van der Waals surface area contributed by atoms with E-state index in [2.05, 4.69) is 0 Å². The number of carbonyl (C=O) groups excluding carboxylic acids is 2. The van der Waals surface area contributed by atoms with Gasteiger partial charge in [0.05, 0.1) is 24.5 Å². The molecule has 2 heterocycles. The maximum absolute atomic E-state index is 12.0. The van der Waals surface area contributed by atoms with Gasteiger partial charge in [-0.1, -0.05) is 18.2 Å². The normalized spacial score (nSPS) is 37.2. The maximum Gasteiger partial charge on any atom is 0.235 e. The molecule has 0 aromatic rings. The van der Waals surface area contributed by atoms with Crippen molar-refractivity contribution in [2.45, 2.75) is 12.5 Å². The highest BCUT2D eigenvalue weighted by Crippen LogP contribution is 2.40. The molecule has 2 aliphatic heterocycles. The van der Waals surface area contributed by atoms with E-state index in [0.29, 0.717) is 13.0 Å². The van der Waals surface area contributed by atoms with Crippen LogP contribution in [0, 0.1) is 11.8 Å². The highest BCUT2D eigenvalue weighted by molar-refractivity contribution is 6.05. The largest absolute Gasteiger partial charge is 0.369 e. The minimum atomic E-state index is -0.303. The average molecular weight is 219 g/mol. The first-order valence-corrected chi connectivity index (χ1v) is 5.50. The molecule has 3 rings (SSSR count). The van der Waals surface area contributed by atoms with Crippen molar-refractivity contribution in [3.63, 3.8) is 0 Å². The molecule has 0 bridgehead atoms. The number of nitrogens with zero attached hydrogens (tertiary/aromatic N) is 1. The van der Waals surface area contributed by atoms with E-state index < -0.39 is 0 Å². The van der Waals surface area contributed by atoms with Crippen LogP contribution in [0.5, 0.6) is 0 Å². The summed E-state index contributed by atoms with van der Waals surface area (Å²) in [4.78, 5) is 25.0. The number of fused-ring (bicyclic) bond motifs is 3. The van der Waals surface area contributed by atoms with Gasteiger partial charge >= 0.3 is 0 Å². The molecule has 0 aromatic carbocycles. The third-order valence-corrected chi connectivity index (χ3v) is 3.64. The molecule has 0 aromatic heterocycles. The van der Waals surface area contributed by atoms with E-state index in [1.807, 2.05) is 18.2 Å². The fourth-order valence-corrected chi connectivity index (χ4v) is 2.79. The van der Waals surface area contributed by atoms with Crippen LogP contribution in [0.3, 0.4) is 0 Å². The van der Waals surface area contributed by atoms with Gasteiger partial charge in [0.25, 0.3) is 0 Å². The van der Waals surface area contributed by atoms with Gasteiger partial charge in [0, 0.05) is 7.05 Å². The number of allylic oxidation sites excluding steroid dienone is 1. The first-order chi connectivity index (χ1) is 7.70. The van der Waals surface area contributed by atoms with E-state index in [4.69, 9.17) is 4.74 Å². The van der Waals surface area contributed by atoms with E-state index in [1.165, 1.54) is 4.90 Å². The second kappa shape index (κ2) is 3.28. The minimum absolute atomic E-state index is 0.0662. The van der Waals surface area contributed by atoms with Crippen LogP contribution < -0.4 is 0 Å². The van der Waals surface area contributed by atoms with Gasteiger partial charge in [-0.15, -0.1) is 0 Å². The Labute approximate surface area is 93.6 Å². The van der Waals surface area contributed by atoms with Gasteiger partial charge in [0.2, 0.25) is 11.8 Å². The van der Waals surface area contributed by atoms with Crippen molar-refractivity contribution in [3.8, 4) is 0 Å². The second-order valence-corrected chi connectivity index (χ2v) is 4.46. The molecule has 0 radical (unpaired) electrons. The van der Waals surface area contributed by atoms with Crippen LogP contribution in [0.1, 0.15) is 6.42 Å². The molecule has 1 aliphatic carbocycles. The van der Waals surface area contributed by atoms with Crippen molar-refractivity contribution < 1.29 is 14.3 Å². The van der Waals surface area contributed by atoms with Crippen molar-refractivity contribution in [2.75, 3.05) is 13.7 Å². The summed E-state index contributed by atoms with van der Waals surface area (Å²) in [6.45, 7) is 0.524. The smallest absolute Gasteiger partial charge is 0.235 e. The molecule has 1 fully saturated rings. The molecule has 0 saturated carbocycles. The Morgan fingerprint density at radius 1 is 1.38 bits per heavy atom. The third-order valence-electron chi connectivity index (χ3n) is 3.64. The van der Waals surface area contributed by atoms with Crippen molar-refractivity contribution >= 4 is 11.8 Å². The third kappa shape index (κ3) is 1.13. The first kappa shape index (κ1) is 9.78. The number of likely N-dealkylation sites (tertiary alicyclic amines) is 1. The number of imide groups is 1. The lowest BCUT2D eigenvalue weighted by Gasteiger charge is -2.32. The molecule has 2 amide bonds. The Morgan fingerprint density at radius 2 is 2.19 bits per heavy atom. The number of ether oxygens (including phenoxy) is 1. The van der Waals surface area contributed by atoms with Gasteiger partial charge in [-0.25, -0.2) is 0 Å². The Morgan fingerprint density at radius 3 is 3.00 bits per heavy atom. The molecule has 4 nitrogen and oxygen atoms in total. The quantitative estimate of drug-likeness (QED) is 0.557. The Hall–Kier alpha value is -1.42. The van der Waals surface area contributed by atoms with Crippen molar-refractivity contribution in [2.24, 2.45) is 11.8 Å². The number of rotatable bonds is 0. The summed E-state index contributed by atoms with van der Waals surface area (Å²) in [6.07, 6.45) is 6.39. The average Bonchev–Trinajstić information content (AvgIpc) is 2.55. The van der Waals surface area contributed by atoms with Crippen LogP contribution in [0.25, 0.3) is 0 Å². The van der Waals surface area contributed by atoms with Crippen LogP contribution in [0.2, 0.25) is 0 Å². The fourth-order valence-electron chi connectivity index (χ4n) is 2.79. The fraction of sp³-hybridized carbons (Fsp3) is 0.500. The Bertz CT molecular complexity index is 424. The maximum atomic E-state index is 12.0. The summed E-state index contributed by atoms with van der Waals surface area (Å²) in [6, 6.07) is 0. The van der Waals surface area contributed by atoms with E-state index in [-0.39, 0.29) is 29.8 Å². The number of carbonyl (C=O) groups is 2. The van der Waals surface area contributed by atoms with Crippen molar-refractivity contribution in [1.29, 1.82) is 0 Å². The zero-order valence-corrected chi connectivity index (χ0v) is 9.05. The van der Waals surface area contributed by atoms with Gasteiger partial charge in [-0.05, 0) is 12.0 Å². The predicted molar refractivity (Wildman–Crippen MR) is 56.3 cm³/mol. The van der Waals surface area contributed by atoms with Crippen LogP contribution in [0.4, 0.5) is 0 Å². The molecular weight excluding hydrogens is 206 g/mol.